The van der Waals surface area contributed by atoms with Crippen molar-refractivity contribution in [3.05, 3.63) is 90.0 Å². The van der Waals surface area contributed by atoms with Crippen molar-refractivity contribution in [2.75, 3.05) is 5.73 Å². The second-order valence-corrected chi connectivity index (χ2v) is 6.08. The Balaban J connectivity index is 1.39. The molecule has 0 aliphatic carbocycles. The zero-order chi connectivity index (χ0) is 18.5. The lowest BCUT2D eigenvalue weighted by molar-refractivity contribution is 0.306. The summed E-state index contributed by atoms with van der Waals surface area (Å²) in [5.74, 6) is 1.86. The van der Waals surface area contributed by atoms with Gasteiger partial charge in [0.2, 0.25) is 0 Å². The van der Waals surface area contributed by atoms with Crippen molar-refractivity contribution in [3.8, 4) is 17.1 Å². The highest BCUT2D eigenvalue weighted by Gasteiger charge is 2.10. The fourth-order valence-corrected chi connectivity index (χ4v) is 2.71. The molecule has 2 N–H and O–H groups in total. The topological polar surface area (TPSA) is 87.1 Å². The van der Waals surface area contributed by atoms with Crippen molar-refractivity contribution in [2.45, 2.75) is 13.0 Å². The average molecular weight is 358 g/mol. The molecule has 0 spiro atoms. The molecular formula is C21H18N4O2. The molecule has 134 valence electrons. The summed E-state index contributed by atoms with van der Waals surface area (Å²) in [6, 6.07) is 17.4. The lowest BCUT2D eigenvalue weighted by atomic mass is 10.1. The van der Waals surface area contributed by atoms with E-state index in [-0.39, 0.29) is 0 Å². The number of nitrogens with two attached hydrogens (primary N) is 1. The maximum Gasteiger partial charge on any atom is 0.170 e. The van der Waals surface area contributed by atoms with Crippen LogP contribution in [0.15, 0.2) is 77.7 Å². The van der Waals surface area contributed by atoms with Gasteiger partial charge in [-0.25, -0.2) is 4.98 Å². The van der Waals surface area contributed by atoms with Crippen LogP contribution in [0.1, 0.15) is 16.8 Å². The molecule has 0 saturated carbocycles. The number of ether oxygens (including phenoxy) is 1. The van der Waals surface area contributed by atoms with E-state index in [1.54, 1.807) is 18.6 Å². The number of benzene rings is 1. The van der Waals surface area contributed by atoms with E-state index in [0.29, 0.717) is 24.6 Å². The smallest absolute Gasteiger partial charge is 0.170 e. The molecule has 6 nitrogen and oxygen atoms in total. The highest BCUT2D eigenvalue weighted by molar-refractivity contribution is 5.69. The van der Waals surface area contributed by atoms with Crippen LogP contribution in [0.3, 0.4) is 0 Å². The van der Waals surface area contributed by atoms with Gasteiger partial charge in [-0.15, -0.1) is 0 Å². The van der Waals surface area contributed by atoms with Crippen LogP contribution in [0.4, 0.5) is 5.82 Å². The van der Waals surface area contributed by atoms with Gasteiger partial charge in [-0.3, -0.25) is 4.98 Å². The SMILES string of the molecule is Nc1ncccc1-c1cc(Cc2ccc(OCc3ccncc3)cc2)no1. The number of nitrogens with zero attached hydrogens (tertiary/aromatic N) is 3. The Hall–Kier alpha value is -3.67. The van der Waals surface area contributed by atoms with E-state index in [2.05, 4.69) is 15.1 Å². The first-order valence-corrected chi connectivity index (χ1v) is 8.55. The normalized spacial score (nSPS) is 10.7. The first-order chi connectivity index (χ1) is 13.3. The van der Waals surface area contributed by atoms with Gasteiger partial charge in [-0.05, 0) is 47.5 Å². The van der Waals surface area contributed by atoms with Gasteiger partial charge in [-0.2, -0.15) is 0 Å². The van der Waals surface area contributed by atoms with Gasteiger partial charge in [0.15, 0.2) is 5.76 Å². The minimum Gasteiger partial charge on any atom is -0.489 e. The van der Waals surface area contributed by atoms with Crippen LogP contribution in [0, 0.1) is 0 Å². The van der Waals surface area contributed by atoms with E-state index in [9.17, 15) is 0 Å². The maximum absolute atomic E-state index is 5.89. The summed E-state index contributed by atoms with van der Waals surface area (Å²) in [6.45, 7) is 0.515. The van der Waals surface area contributed by atoms with E-state index < -0.39 is 0 Å². The predicted octanol–water partition coefficient (Wildman–Crippen LogP) is 3.88. The first-order valence-electron chi connectivity index (χ1n) is 8.55. The summed E-state index contributed by atoms with van der Waals surface area (Å²) in [5.41, 5.74) is 9.66. The predicted molar refractivity (Wildman–Crippen MR) is 102 cm³/mol. The van der Waals surface area contributed by atoms with E-state index in [1.165, 1.54) is 0 Å². The third-order valence-corrected chi connectivity index (χ3v) is 4.13. The van der Waals surface area contributed by atoms with Crippen LogP contribution in [0.25, 0.3) is 11.3 Å². The van der Waals surface area contributed by atoms with Crippen molar-refractivity contribution < 1.29 is 9.26 Å². The number of rotatable bonds is 6. The Labute approximate surface area is 156 Å². The van der Waals surface area contributed by atoms with E-state index in [0.717, 1.165) is 28.1 Å². The largest absolute Gasteiger partial charge is 0.489 e. The fraction of sp³-hybridized carbons (Fsp3) is 0.0952. The molecule has 4 rings (SSSR count). The Morgan fingerprint density at radius 3 is 2.52 bits per heavy atom. The first kappa shape index (κ1) is 16.8. The summed E-state index contributed by atoms with van der Waals surface area (Å²) >= 11 is 0. The summed E-state index contributed by atoms with van der Waals surface area (Å²) in [5, 5.41) is 4.13. The van der Waals surface area contributed by atoms with Gasteiger partial charge in [0.25, 0.3) is 0 Å². The molecule has 0 aliphatic heterocycles. The molecular weight excluding hydrogens is 340 g/mol. The highest BCUT2D eigenvalue weighted by atomic mass is 16.5. The second kappa shape index (κ2) is 7.70. The molecule has 0 fully saturated rings. The molecule has 0 radical (unpaired) electrons. The summed E-state index contributed by atoms with van der Waals surface area (Å²) in [6.07, 6.45) is 5.82. The molecule has 0 atom stereocenters. The van der Waals surface area contributed by atoms with E-state index >= 15 is 0 Å². The van der Waals surface area contributed by atoms with Crippen LogP contribution in [0.2, 0.25) is 0 Å². The molecule has 1 aromatic carbocycles. The third kappa shape index (κ3) is 4.12. The van der Waals surface area contributed by atoms with Crippen molar-refractivity contribution in [2.24, 2.45) is 0 Å². The van der Waals surface area contributed by atoms with Gasteiger partial charge in [0.1, 0.15) is 18.2 Å². The average Bonchev–Trinajstić information content (AvgIpc) is 3.17. The molecule has 27 heavy (non-hydrogen) atoms. The van der Waals surface area contributed by atoms with E-state index in [1.807, 2.05) is 54.6 Å². The van der Waals surface area contributed by atoms with Crippen molar-refractivity contribution >= 4 is 5.82 Å². The second-order valence-electron chi connectivity index (χ2n) is 6.08. The molecule has 3 heterocycles. The number of aromatic nitrogens is 3. The number of hydrogen-bond donors (Lipinski definition) is 1. The Kier molecular flexibility index (Phi) is 4.78. The zero-order valence-corrected chi connectivity index (χ0v) is 14.6. The monoisotopic (exact) mass is 358 g/mol. The van der Waals surface area contributed by atoms with Crippen LogP contribution >= 0.6 is 0 Å². The molecule has 3 aromatic heterocycles. The minimum absolute atomic E-state index is 0.427. The van der Waals surface area contributed by atoms with Crippen molar-refractivity contribution in [3.63, 3.8) is 0 Å². The van der Waals surface area contributed by atoms with Crippen LogP contribution in [-0.2, 0) is 13.0 Å². The Morgan fingerprint density at radius 2 is 1.74 bits per heavy atom. The maximum atomic E-state index is 5.89. The molecule has 0 aliphatic rings. The highest BCUT2D eigenvalue weighted by Crippen LogP contribution is 2.25. The number of hydrogen-bond acceptors (Lipinski definition) is 6. The van der Waals surface area contributed by atoms with Gasteiger partial charge in [0, 0.05) is 31.1 Å². The van der Waals surface area contributed by atoms with Crippen LogP contribution in [0.5, 0.6) is 5.75 Å². The van der Waals surface area contributed by atoms with E-state index in [4.69, 9.17) is 15.0 Å². The van der Waals surface area contributed by atoms with Crippen LogP contribution in [-0.4, -0.2) is 15.1 Å². The quantitative estimate of drug-likeness (QED) is 0.563. The standard InChI is InChI=1S/C21H18N4O2/c22-21-19(2-1-9-24-21)20-13-17(25-27-20)12-15-3-5-18(6-4-15)26-14-16-7-10-23-11-8-16/h1-11,13H,12,14H2,(H2,22,24). The lowest BCUT2D eigenvalue weighted by Crippen LogP contribution is -1.96. The number of anilines is 1. The molecule has 0 amide bonds. The lowest BCUT2D eigenvalue weighted by Gasteiger charge is -2.06. The number of pyridine rings is 2. The zero-order valence-electron chi connectivity index (χ0n) is 14.6. The molecule has 4 aromatic rings. The Bertz CT molecular complexity index is 1010. The van der Waals surface area contributed by atoms with Gasteiger partial charge in [-0.1, -0.05) is 17.3 Å². The van der Waals surface area contributed by atoms with Crippen molar-refractivity contribution in [1.82, 2.24) is 15.1 Å². The minimum atomic E-state index is 0.427. The summed E-state index contributed by atoms with van der Waals surface area (Å²) in [4.78, 5) is 8.07. The summed E-state index contributed by atoms with van der Waals surface area (Å²) < 4.78 is 11.2. The summed E-state index contributed by atoms with van der Waals surface area (Å²) in [7, 11) is 0. The molecule has 0 saturated heterocycles. The molecule has 0 unspecified atom stereocenters. The Morgan fingerprint density at radius 1 is 0.926 bits per heavy atom. The van der Waals surface area contributed by atoms with Gasteiger partial charge >= 0.3 is 0 Å². The van der Waals surface area contributed by atoms with Crippen molar-refractivity contribution in [1.29, 1.82) is 0 Å². The molecule has 0 bridgehead atoms. The van der Waals surface area contributed by atoms with Gasteiger partial charge in [0.05, 0.1) is 11.3 Å². The fourth-order valence-electron chi connectivity index (χ4n) is 2.71. The van der Waals surface area contributed by atoms with Gasteiger partial charge < -0.3 is 15.0 Å². The number of nitrogen functional groups attached to an aromatic ring is 1. The molecule has 6 heteroatoms. The third-order valence-electron chi connectivity index (χ3n) is 4.13. The van der Waals surface area contributed by atoms with Crippen LogP contribution < -0.4 is 10.5 Å².